The first-order chi connectivity index (χ1) is 7.80. The minimum Gasteiger partial charge on any atom is -0.497 e. The van der Waals surface area contributed by atoms with Crippen molar-refractivity contribution >= 4 is 10.9 Å². The molecule has 2 rings (SSSR count). The average Bonchev–Trinajstić information content (AvgIpc) is 2.74. The summed E-state index contributed by atoms with van der Waals surface area (Å²) in [6, 6.07) is 5.82. The first-order valence-corrected chi connectivity index (χ1v) is 5.26. The number of methoxy groups -OCH3 is 1. The number of nitrogens with one attached hydrogen (secondary N) is 1. The Balaban J connectivity index is 2.52. The number of rotatable bonds is 4. The van der Waals surface area contributed by atoms with Crippen LogP contribution in [0.1, 0.15) is 11.5 Å². The van der Waals surface area contributed by atoms with Gasteiger partial charge in [0.2, 0.25) is 0 Å². The summed E-state index contributed by atoms with van der Waals surface area (Å²) in [4.78, 5) is 3.17. The molecule has 0 saturated heterocycles. The molecule has 4 nitrogen and oxygen atoms in total. The highest BCUT2D eigenvalue weighted by molar-refractivity contribution is 5.85. The van der Waals surface area contributed by atoms with Gasteiger partial charge in [-0.15, -0.1) is 0 Å². The Morgan fingerprint density at radius 1 is 1.50 bits per heavy atom. The van der Waals surface area contributed by atoms with Crippen molar-refractivity contribution in [3.63, 3.8) is 0 Å². The Bertz CT molecular complexity index is 475. The predicted octanol–water partition coefficient (Wildman–Crippen LogP) is 1.21. The highest BCUT2D eigenvalue weighted by atomic mass is 16.5. The van der Waals surface area contributed by atoms with Crippen molar-refractivity contribution in [1.29, 1.82) is 0 Å². The number of benzene rings is 1. The molecule has 1 heterocycles. The Labute approximate surface area is 94.0 Å². The van der Waals surface area contributed by atoms with Crippen molar-refractivity contribution in [2.75, 3.05) is 20.3 Å². The molecule has 0 aliphatic rings. The summed E-state index contributed by atoms with van der Waals surface area (Å²) in [6.07, 6.45) is 1.90. The second-order valence-corrected chi connectivity index (χ2v) is 3.77. The normalized spacial score (nSPS) is 12.9. The van der Waals surface area contributed by atoms with E-state index in [1.807, 2.05) is 24.4 Å². The van der Waals surface area contributed by atoms with Crippen LogP contribution in [0.25, 0.3) is 10.9 Å². The van der Waals surface area contributed by atoms with E-state index in [1.54, 1.807) is 7.11 Å². The van der Waals surface area contributed by atoms with Gasteiger partial charge in [-0.3, -0.25) is 0 Å². The lowest BCUT2D eigenvalue weighted by molar-refractivity contribution is 0.268. The zero-order valence-electron chi connectivity index (χ0n) is 9.23. The summed E-state index contributed by atoms with van der Waals surface area (Å²) in [6.45, 7) is 0.487. The van der Waals surface area contributed by atoms with Crippen molar-refractivity contribution in [1.82, 2.24) is 4.98 Å². The van der Waals surface area contributed by atoms with Gasteiger partial charge in [0.15, 0.2) is 0 Å². The molecule has 1 aromatic heterocycles. The fraction of sp³-hybridized carbons (Fsp3) is 0.333. The molecule has 1 aromatic carbocycles. The number of nitrogens with two attached hydrogens (primary N) is 1. The Hall–Kier alpha value is -1.52. The van der Waals surface area contributed by atoms with E-state index in [1.165, 1.54) is 0 Å². The molecule has 1 atom stereocenters. The van der Waals surface area contributed by atoms with Gasteiger partial charge in [-0.2, -0.15) is 0 Å². The molecule has 0 bridgehead atoms. The lowest BCUT2D eigenvalue weighted by Crippen LogP contribution is -2.15. The van der Waals surface area contributed by atoms with Crippen molar-refractivity contribution in [3.8, 4) is 5.75 Å². The summed E-state index contributed by atoms with van der Waals surface area (Å²) in [5.74, 6) is 0.780. The largest absolute Gasteiger partial charge is 0.497 e. The topological polar surface area (TPSA) is 71.3 Å². The minimum absolute atomic E-state index is 0.0270. The SMILES string of the molecule is COc1ccc2[nH]cc([C@@H](CN)CO)c2c1. The molecular weight excluding hydrogens is 204 g/mol. The number of hydrogen-bond acceptors (Lipinski definition) is 3. The first kappa shape index (κ1) is 11.0. The summed E-state index contributed by atoms with van der Waals surface area (Å²) >= 11 is 0. The standard InChI is InChI=1S/C12H16N2O2/c1-16-9-2-3-12-10(4-9)11(6-14-12)8(5-13)7-15/h2-4,6,8,14-15H,5,7,13H2,1H3/t8-/m0/s1. The lowest BCUT2D eigenvalue weighted by atomic mass is 9.99. The fourth-order valence-corrected chi connectivity index (χ4v) is 1.89. The molecule has 16 heavy (non-hydrogen) atoms. The van der Waals surface area contributed by atoms with E-state index in [9.17, 15) is 5.11 Å². The molecule has 0 fully saturated rings. The second-order valence-electron chi connectivity index (χ2n) is 3.77. The number of ether oxygens (including phenoxy) is 1. The number of aliphatic hydroxyl groups excluding tert-OH is 1. The van der Waals surface area contributed by atoms with Gasteiger partial charge in [-0.05, 0) is 23.8 Å². The van der Waals surface area contributed by atoms with E-state index in [4.69, 9.17) is 10.5 Å². The molecule has 0 saturated carbocycles. The van der Waals surface area contributed by atoms with Crippen LogP contribution >= 0.6 is 0 Å². The minimum atomic E-state index is -0.0270. The van der Waals surface area contributed by atoms with Crippen LogP contribution in [0.4, 0.5) is 0 Å². The molecule has 0 radical (unpaired) electrons. The Morgan fingerprint density at radius 3 is 2.94 bits per heavy atom. The number of aliphatic hydroxyl groups is 1. The lowest BCUT2D eigenvalue weighted by Gasteiger charge is -2.10. The smallest absolute Gasteiger partial charge is 0.119 e. The molecule has 0 aliphatic heterocycles. The molecular formula is C12H16N2O2. The predicted molar refractivity (Wildman–Crippen MR) is 63.7 cm³/mol. The molecule has 2 aromatic rings. The van der Waals surface area contributed by atoms with E-state index in [0.717, 1.165) is 22.2 Å². The highest BCUT2D eigenvalue weighted by Crippen LogP contribution is 2.28. The van der Waals surface area contributed by atoms with Gasteiger partial charge in [-0.25, -0.2) is 0 Å². The summed E-state index contributed by atoms with van der Waals surface area (Å²) in [5.41, 5.74) is 7.70. The van der Waals surface area contributed by atoms with Crippen LogP contribution < -0.4 is 10.5 Å². The van der Waals surface area contributed by atoms with Crippen molar-refractivity contribution in [2.24, 2.45) is 5.73 Å². The number of H-pyrrole nitrogens is 1. The highest BCUT2D eigenvalue weighted by Gasteiger charge is 2.13. The summed E-state index contributed by atoms with van der Waals surface area (Å²) < 4.78 is 5.19. The fourth-order valence-electron chi connectivity index (χ4n) is 1.89. The molecule has 0 unspecified atom stereocenters. The number of fused-ring (bicyclic) bond motifs is 1. The third-order valence-corrected chi connectivity index (χ3v) is 2.87. The van der Waals surface area contributed by atoms with Gasteiger partial charge >= 0.3 is 0 Å². The van der Waals surface area contributed by atoms with E-state index >= 15 is 0 Å². The van der Waals surface area contributed by atoms with Gasteiger partial charge in [0.05, 0.1) is 13.7 Å². The van der Waals surface area contributed by atoms with Gasteiger partial charge in [0.25, 0.3) is 0 Å². The monoisotopic (exact) mass is 220 g/mol. The van der Waals surface area contributed by atoms with Crippen LogP contribution in [-0.2, 0) is 0 Å². The Kier molecular flexibility index (Phi) is 3.12. The number of hydrogen-bond donors (Lipinski definition) is 3. The van der Waals surface area contributed by atoms with E-state index < -0.39 is 0 Å². The van der Waals surface area contributed by atoms with E-state index in [0.29, 0.717) is 6.54 Å². The third kappa shape index (κ3) is 1.77. The van der Waals surface area contributed by atoms with Crippen LogP contribution in [0, 0.1) is 0 Å². The molecule has 86 valence electrons. The van der Waals surface area contributed by atoms with Crippen LogP contribution in [0.5, 0.6) is 5.75 Å². The molecule has 4 N–H and O–H groups in total. The zero-order chi connectivity index (χ0) is 11.5. The number of aromatic amines is 1. The van der Waals surface area contributed by atoms with Gasteiger partial charge in [0.1, 0.15) is 5.75 Å². The maximum atomic E-state index is 9.26. The van der Waals surface area contributed by atoms with Crippen LogP contribution in [0.2, 0.25) is 0 Å². The number of aromatic nitrogens is 1. The van der Waals surface area contributed by atoms with Crippen molar-refractivity contribution in [3.05, 3.63) is 30.0 Å². The van der Waals surface area contributed by atoms with Crippen molar-refractivity contribution in [2.45, 2.75) is 5.92 Å². The van der Waals surface area contributed by atoms with E-state index in [-0.39, 0.29) is 12.5 Å². The quantitative estimate of drug-likeness (QED) is 0.725. The maximum absolute atomic E-state index is 9.26. The van der Waals surface area contributed by atoms with Crippen LogP contribution in [0.15, 0.2) is 24.4 Å². The van der Waals surface area contributed by atoms with Crippen LogP contribution in [-0.4, -0.2) is 30.4 Å². The van der Waals surface area contributed by atoms with Crippen molar-refractivity contribution < 1.29 is 9.84 Å². The van der Waals surface area contributed by atoms with E-state index in [2.05, 4.69) is 4.98 Å². The summed E-state index contributed by atoms with van der Waals surface area (Å²) in [7, 11) is 1.64. The van der Waals surface area contributed by atoms with Gasteiger partial charge in [-0.1, -0.05) is 0 Å². The zero-order valence-corrected chi connectivity index (χ0v) is 9.23. The average molecular weight is 220 g/mol. The van der Waals surface area contributed by atoms with Crippen LogP contribution in [0.3, 0.4) is 0 Å². The maximum Gasteiger partial charge on any atom is 0.119 e. The third-order valence-electron chi connectivity index (χ3n) is 2.87. The second kappa shape index (κ2) is 4.55. The Morgan fingerprint density at radius 2 is 2.31 bits per heavy atom. The summed E-state index contributed by atoms with van der Waals surface area (Å²) in [5, 5.41) is 10.3. The molecule has 4 heteroatoms. The molecule has 0 aliphatic carbocycles. The molecule has 0 spiro atoms. The van der Waals surface area contributed by atoms with Gasteiger partial charge in [0, 0.05) is 29.6 Å². The molecule has 0 amide bonds. The first-order valence-electron chi connectivity index (χ1n) is 5.26. The van der Waals surface area contributed by atoms with Gasteiger partial charge < -0.3 is 20.6 Å².